The molecule has 0 amide bonds. The molecule has 0 radical (unpaired) electrons. The van der Waals surface area contributed by atoms with Crippen LogP contribution in [0, 0.1) is 18.8 Å². The first-order valence-corrected chi connectivity index (χ1v) is 23.4. The van der Waals surface area contributed by atoms with Crippen LogP contribution in [0.25, 0.3) is 27.6 Å². The standard InChI is InChI=1S/C62H59N4O.Pt/c1-59(2,3)44-27-31-54-53(36-44)52-30-29-51(40-56(52)66(54)58-38-45(33-34-63-58)60(4,5)6)67-50-26-18-25-49(39-50)65-41-64(48-24-17-23-46(35-48)61(7,8)42-19-13-11-14-20-42)55-32-28-47(37-57(55)65)62(9,10)43-21-15-12-16-22-43;/h11-38,41H,1-10H3;/q-3;. The van der Waals surface area contributed by atoms with Crippen molar-refractivity contribution in [3.05, 3.63) is 222 Å². The third kappa shape index (κ3) is 8.56. The minimum Gasteiger partial charge on any atom is -0.509 e. The fourth-order valence-electron chi connectivity index (χ4n) is 9.48. The van der Waals surface area contributed by atoms with E-state index in [4.69, 9.17) is 9.72 Å². The average Bonchev–Trinajstić information content (AvgIpc) is 3.87. The number of fused-ring (bicyclic) bond motifs is 4. The first-order chi connectivity index (χ1) is 32.0. The summed E-state index contributed by atoms with van der Waals surface area (Å²) < 4.78 is 8.99. The van der Waals surface area contributed by atoms with E-state index in [0.29, 0.717) is 11.5 Å². The Morgan fingerprint density at radius 1 is 0.471 bits per heavy atom. The molecule has 9 aromatic rings. The predicted molar refractivity (Wildman–Crippen MR) is 279 cm³/mol. The van der Waals surface area contributed by atoms with Gasteiger partial charge in [-0.05, 0) is 92.1 Å². The molecule has 10 rings (SSSR count). The van der Waals surface area contributed by atoms with Crippen molar-refractivity contribution >= 4 is 44.6 Å². The van der Waals surface area contributed by atoms with Gasteiger partial charge in [-0.15, -0.1) is 48.1 Å². The molecule has 6 heteroatoms. The number of ether oxygens (including phenoxy) is 1. The molecule has 346 valence electrons. The first-order valence-electron chi connectivity index (χ1n) is 23.4. The van der Waals surface area contributed by atoms with Gasteiger partial charge in [0, 0.05) is 72.2 Å². The summed E-state index contributed by atoms with van der Waals surface area (Å²) in [6, 6.07) is 66.1. The molecule has 0 unspecified atom stereocenters. The van der Waals surface area contributed by atoms with Crippen molar-refractivity contribution in [1.82, 2.24) is 9.55 Å². The van der Waals surface area contributed by atoms with Gasteiger partial charge in [-0.1, -0.05) is 166 Å². The molecule has 0 spiro atoms. The number of rotatable bonds is 9. The van der Waals surface area contributed by atoms with Gasteiger partial charge in [0.1, 0.15) is 5.82 Å². The molecule has 0 atom stereocenters. The largest absolute Gasteiger partial charge is 0.509 e. The molecule has 0 bridgehead atoms. The van der Waals surface area contributed by atoms with Crippen LogP contribution in [-0.2, 0) is 42.7 Å². The number of hydrogen-bond donors (Lipinski definition) is 0. The molecule has 0 saturated carbocycles. The van der Waals surface area contributed by atoms with Gasteiger partial charge in [0.25, 0.3) is 0 Å². The number of anilines is 4. The van der Waals surface area contributed by atoms with E-state index in [1.165, 1.54) is 38.8 Å². The normalized spacial score (nSPS) is 13.2. The maximum Gasteiger partial charge on any atom is 0.135 e. The minimum atomic E-state index is -0.238. The molecule has 5 nitrogen and oxygen atoms in total. The van der Waals surface area contributed by atoms with Gasteiger partial charge in [0.2, 0.25) is 0 Å². The second-order valence-corrected chi connectivity index (χ2v) is 21.1. The zero-order chi connectivity index (χ0) is 46.9. The van der Waals surface area contributed by atoms with Crippen LogP contribution in [0.4, 0.5) is 22.7 Å². The summed E-state index contributed by atoms with van der Waals surface area (Å²) in [6.07, 6.45) is 1.92. The summed E-state index contributed by atoms with van der Waals surface area (Å²) in [5.74, 6) is 2.05. The SMILES string of the molecule is CC(C)(C)c1ccnc(-n2c3[c-]c(Oc4[c-]c(N5[CH-]N(c6cccc(C(C)(C)c7ccccc7)c6)c6ccc(C(C)(C)c7ccccc7)cc65)ccc4)ccc3c3cc(C(C)(C)C)ccc32)c1.[Pt]. The van der Waals surface area contributed by atoms with Crippen LogP contribution in [0.1, 0.15) is 103 Å². The van der Waals surface area contributed by atoms with E-state index in [1.54, 1.807) is 0 Å². The molecule has 1 aliphatic rings. The van der Waals surface area contributed by atoms with Crippen LogP contribution in [0.5, 0.6) is 11.5 Å². The fourth-order valence-corrected chi connectivity index (χ4v) is 9.48. The van der Waals surface area contributed by atoms with Crippen LogP contribution < -0.4 is 14.5 Å². The quantitative estimate of drug-likeness (QED) is 0.135. The Labute approximate surface area is 417 Å². The van der Waals surface area contributed by atoms with Crippen LogP contribution >= 0.6 is 0 Å². The van der Waals surface area contributed by atoms with Gasteiger partial charge >= 0.3 is 0 Å². The maximum absolute atomic E-state index is 6.76. The van der Waals surface area contributed by atoms with E-state index in [2.05, 4.69) is 248 Å². The Morgan fingerprint density at radius 2 is 1.07 bits per heavy atom. The molecule has 0 N–H and O–H groups in total. The second kappa shape index (κ2) is 17.6. The van der Waals surface area contributed by atoms with E-state index < -0.39 is 0 Å². The predicted octanol–water partition coefficient (Wildman–Crippen LogP) is 16.2. The van der Waals surface area contributed by atoms with Crippen molar-refractivity contribution < 1.29 is 25.8 Å². The summed E-state index contributed by atoms with van der Waals surface area (Å²) in [6.45, 7) is 24.9. The molecule has 0 fully saturated rings. The Balaban J connectivity index is 0.00000578. The fraction of sp³-hybridized carbons (Fsp3) is 0.226. The average molecular weight is 1070 g/mol. The topological polar surface area (TPSA) is 33.5 Å². The second-order valence-electron chi connectivity index (χ2n) is 21.1. The van der Waals surface area contributed by atoms with Gasteiger partial charge in [0.15, 0.2) is 0 Å². The van der Waals surface area contributed by atoms with Crippen LogP contribution in [0.15, 0.2) is 170 Å². The Bertz CT molecular complexity index is 3280. The van der Waals surface area contributed by atoms with Crippen molar-refractivity contribution in [2.24, 2.45) is 0 Å². The van der Waals surface area contributed by atoms with Gasteiger partial charge in [-0.3, -0.25) is 0 Å². The monoisotopic (exact) mass is 1070 g/mol. The summed E-state index contributed by atoms with van der Waals surface area (Å²) in [4.78, 5) is 9.48. The van der Waals surface area contributed by atoms with Crippen molar-refractivity contribution in [3.63, 3.8) is 0 Å². The van der Waals surface area contributed by atoms with Crippen molar-refractivity contribution in [1.29, 1.82) is 0 Å². The van der Waals surface area contributed by atoms with Crippen LogP contribution in [0.3, 0.4) is 0 Å². The molecule has 1 aliphatic heterocycles. The van der Waals surface area contributed by atoms with Gasteiger partial charge in [-0.25, -0.2) is 4.98 Å². The molecule has 7 aromatic carbocycles. The van der Waals surface area contributed by atoms with E-state index in [1.807, 2.05) is 24.4 Å². The molecular formula is C62H59N4OPt-3. The Hall–Kier alpha value is -6.42. The zero-order valence-corrected chi connectivity index (χ0v) is 43.0. The van der Waals surface area contributed by atoms with Crippen molar-refractivity contribution in [2.75, 3.05) is 9.80 Å². The van der Waals surface area contributed by atoms with Crippen molar-refractivity contribution in [3.8, 4) is 17.3 Å². The number of benzene rings is 7. The van der Waals surface area contributed by atoms with E-state index in [-0.39, 0.29) is 42.7 Å². The number of pyridine rings is 1. The van der Waals surface area contributed by atoms with Gasteiger partial charge in [0.05, 0.1) is 0 Å². The summed E-state index contributed by atoms with van der Waals surface area (Å²) >= 11 is 0. The van der Waals surface area contributed by atoms with Crippen molar-refractivity contribution in [2.45, 2.75) is 90.9 Å². The smallest absolute Gasteiger partial charge is 0.135 e. The molecular weight excluding hydrogens is 1010 g/mol. The van der Waals surface area contributed by atoms with Gasteiger partial charge < -0.3 is 19.1 Å². The maximum atomic E-state index is 6.76. The number of hydrogen-bond acceptors (Lipinski definition) is 4. The third-order valence-electron chi connectivity index (χ3n) is 13.9. The molecule has 0 aliphatic carbocycles. The van der Waals surface area contributed by atoms with Crippen LogP contribution in [0.2, 0.25) is 0 Å². The van der Waals surface area contributed by atoms with Crippen LogP contribution in [-0.4, -0.2) is 9.55 Å². The molecule has 2 aromatic heterocycles. The molecule has 68 heavy (non-hydrogen) atoms. The minimum absolute atomic E-state index is 0. The Kier molecular flexibility index (Phi) is 12.1. The molecule has 3 heterocycles. The number of aromatic nitrogens is 2. The Morgan fingerprint density at radius 3 is 1.75 bits per heavy atom. The summed E-state index contributed by atoms with van der Waals surface area (Å²) in [7, 11) is 0. The van der Waals surface area contributed by atoms with E-state index in [0.717, 1.165) is 45.0 Å². The summed E-state index contributed by atoms with van der Waals surface area (Å²) in [5.41, 5.74) is 13.1. The van der Waals surface area contributed by atoms with Gasteiger partial charge in [-0.2, -0.15) is 12.1 Å². The third-order valence-corrected chi connectivity index (χ3v) is 13.9. The van der Waals surface area contributed by atoms with E-state index >= 15 is 0 Å². The molecule has 0 saturated heterocycles. The number of nitrogens with zero attached hydrogens (tertiary/aromatic N) is 4. The summed E-state index contributed by atoms with van der Waals surface area (Å²) in [5, 5.41) is 2.27. The van der Waals surface area contributed by atoms with E-state index in [9.17, 15) is 0 Å². The zero-order valence-electron chi connectivity index (χ0n) is 40.8. The first kappa shape index (κ1) is 46.7.